The molecule has 0 fully saturated rings. The zero-order chi connectivity index (χ0) is 13.8. The molecule has 1 rings (SSSR count). The third-order valence-corrected chi connectivity index (χ3v) is 4.54. The van der Waals surface area contributed by atoms with Gasteiger partial charge in [-0.3, -0.25) is 4.79 Å². The summed E-state index contributed by atoms with van der Waals surface area (Å²) in [6.45, 7) is 0.0522. The highest BCUT2D eigenvalue weighted by atomic mass is 35.5. The number of carbonyl (C=O) groups is 1. The van der Waals surface area contributed by atoms with Gasteiger partial charge in [0.1, 0.15) is 10.8 Å². The fourth-order valence-electron chi connectivity index (χ4n) is 1.25. The average molecular weight is 312 g/mol. The third-order valence-electron chi connectivity index (χ3n) is 2.04. The molecule has 1 aromatic carbocycles. The maximum Gasteiger partial charge on any atom is 0.304 e. The lowest BCUT2D eigenvalue weighted by Crippen LogP contribution is -2.26. The van der Waals surface area contributed by atoms with Crippen molar-refractivity contribution in [3.05, 3.63) is 28.2 Å². The van der Waals surface area contributed by atoms with Crippen molar-refractivity contribution in [1.82, 2.24) is 5.32 Å². The van der Waals surface area contributed by atoms with Gasteiger partial charge in [0.25, 0.3) is 0 Å². The van der Waals surface area contributed by atoms with Gasteiger partial charge >= 0.3 is 5.97 Å². The minimum absolute atomic E-state index is 0.0440. The molecule has 0 saturated heterocycles. The van der Waals surface area contributed by atoms with Crippen molar-refractivity contribution < 1.29 is 18.3 Å². The van der Waals surface area contributed by atoms with Crippen molar-refractivity contribution in [2.45, 2.75) is 11.3 Å². The third kappa shape index (κ3) is 4.13. The van der Waals surface area contributed by atoms with E-state index in [2.05, 4.69) is 5.32 Å². The first-order valence-electron chi connectivity index (χ1n) is 4.94. The lowest BCUT2D eigenvalue weighted by Gasteiger charge is -2.09. The molecule has 0 aliphatic heterocycles. The van der Waals surface area contributed by atoms with E-state index in [1.54, 1.807) is 6.07 Å². The molecule has 2 N–H and O–H groups in total. The molecule has 0 saturated carbocycles. The molecule has 0 aromatic heterocycles. The zero-order valence-corrected chi connectivity index (χ0v) is 11.5. The summed E-state index contributed by atoms with van der Waals surface area (Å²) >= 11 is 11.6. The Bertz CT molecular complexity index is 525. The number of carboxylic acids is 1. The second kappa shape index (κ2) is 6.38. The van der Waals surface area contributed by atoms with Gasteiger partial charge in [-0.25, -0.2) is 8.42 Å². The van der Waals surface area contributed by atoms with E-state index in [4.69, 9.17) is 28.3 Å². The van der Waals surface area contributed by atoms with Crippen molar-refractivity contribution in [2.24, 2.45) is 0 Å². The molecular weight excluding hydrogens is 301 g/mol. The van der Waals surface area contributed by atoms with Gasteiger partial charge in [0.15, 0.2) is 9.84 Å². The fraction of sp³-hybridized carbons (Fsp3) is 0.300. The summed E-state index contributed by atoms with van der Waals surface area (Å²) in [5.74, 6) is -1.42. The molecule has 0 unspecified atom stereocenters. The normalized spacial score (nSPS) is 11.4. The van der Waals surface area contributed by atoms with E-state index in [0.29, 0.717) is 0 Å². The number of halogens is 2. The Morgan fingerprint density at radius 1 is 1.28 bits per heavy atom. The van der Waals surface area contributed by atoms with Crippen molar-refractivity contribution in [1.29, 1.82) is 0 Å². The molecule has 0 spiro atoms. The standard InChI is InChI=1S/C10H11Cl2NO4S/c11-7-2-1-3-8(12)10(7)18(16,17)6-13-5-4-9(14)15/h1-3,13H,4-6H2,(H,14,15). The number of carboxylic acid groups (broad SMARTS) is 1. The van der Waals surface area contributed by atoms with Gasteiger partial charge in [0, 0.05) is 6.54 Å². The highest BCUT2D eigenvalue weighted by Crippen LogP contribution is 2.29. The van der Waals surface area contributed by atoms with Crippen molar-refractivity contribution in [2.75, 3.05) is 12.4 Å². The molecule has 0 aliphatic carbocycles. The largest absolute Gasteiger partial charge is 0.481 e. The van der Waals surface area contributed by atoms with E-state index in [-0.39, 0.29) is 27.9 Å². The molecule has 0 heterocycles. The summed E-state index contributed by atoms with van der Waals surface area (Å²) < 4.78 is 23.9. The first-order valence-corrected chi connectivity index (χ1v) is 7.34. The van der Waals surface area contributed by atoms with Gasteiger partial charge in [0.2, 0.25) is 0 Å². The number of rotatable bonds is 6. The first-order chi connectivity index (χ1) is 8.34. The summed E-state index contributed by atoms with van der Waals surface area (Å²) in [6, 6.07) is 4.40. The molecule has 0 bridgehead atoms. The van der Waals surface area contributed by atoms with Crippen LogP contribution in [0.25, 0.3) is 0 Å². The molecule has 0 aliphatic rings. The Kier molecular flexibility index (Phi) is 5.40. The molecule has 18 heavy (non-hydrogen) atoms. The molecule has 5 nitrogen and oxygen atoms in total. The van der Waals surface area contributed by atoms with Crippen LogP contribution in [0.15, 0.2) is 23.1 Å². The lowest BCUT2D eigenvalue weighted by atomic mass is 10.4. The summed E-state index contributed by atoms with van der Waals surface area (Å²) in [5.41, 5.74) is 0. The molecule has 0 atom stereocenters. The summed E-state index contributed by atoms with van der Waals surface area (Å²) in [5, 5.41) is 11.0. The number of aliphatic carboxylic acids is 1. The Balaban J connectivity index is 2.78. The van der Waals surface area contributed by atoms with Crippen molar-refractivity contribution >= 4 is 39.0 Å². The molecule has 8 heteroatoms. The van der Waals surface area contributed by atoms with E-state index in [1.807, 2.05) is 0 Å². The SMILES string of the molecule is O=C(O)CCNCS(=O)(=O)c1c(Cl)cccc1Cl. The number of sulfone groups is 1. The van der Waals surface area contributed by atoms with Crippen LogP contribution in [-0.4, -0.2) is 31.9 Å². The molecule has 100 valence electrons. The Labute approximate surface area is 115 Å². The van der Waals surface area contributed by atoms with E-state index < -0.39 is 21.7 Å². The quantitative estimate of drug-likeness (QED) is 0.783. The first kappa shape index (κ1) is 15.2. The van der Waals surface area contributed by atoms with Crippen LogP contribution >= 0.6 is 23.2 Å². The second-order valence-electron chi connectivity index (χ2n) is 3.45. The van der Waals surface area contributed by atoms with Gasteiger partial charge in [-0.1, -0.05) is 29.3 Å². The maximum absolute atomic E-state index is 11.9. The topological polar surface area (TPSA) is 83.5 Å². The minimum atomic E-state index is -3.69. The Morgan fingerprint density at radius 3 is 2.33 bits per heavy atom. The van der Waals surface area contributed by atoms with Gasteiger partial charge in [-0.2, -0.15) is 0 Å². The minimum Gasteiger partial charge on any atom is -0.481 e. The summed E-state index contributed by atoms with van der Waals surface area (Å²) in [4.78, 5) is 10.1. The van der Waals surface area contributed by atoms with Gasteiger partial charge in [0.05, 0.1) is 16.5 Å². The number of benzene rings is 1. The predicted molar refractivity (Wildman–Crippen MR) is 68.8 cm³/mol. The number of hydrogen-bond acceptors (Lipinski definition) is 4. The van der Waals surface area contributed by atoms with E-state index >= 15 is 0 Å². The van der Waals surface area contributed by atoms with E-state index in [9.17, 15) is 13.2 Å². The maximum atomic E-state index is 11.9. The fourth-order valence-corrected chi connectivity index (χ4v) is 3.64. The summed E-state index contributed by atoms with van der Waals surface area (Å²) in [7, 11) is -3.69. The van der Waals surface area contributed by atoms with Crippen LogP contribution in [0, 0.1) is 0 Å². The van der Waals surface area contributed by atoms with Crippen LogP contribution in [-0.2, 0) is 14.6 Å². The van der Waals surface area contributed by atoms with E-state index in [1.165, 1.54) is 12.1 Å². The lowest BCUT2D eigenvalue weighted by molar-refractivity contribution is -0.136. The monoisotopic (exact) mass is 311 g/mol. The predicted octanol–water partition coefficient (Wildman–Crippen LogP) is 1.79. The van der Waals surface area contributed by atoms with Crippen LogP contribution in [0.2, 0.25) is 10.0 Å². The van der Waals surface area contributed by atoms with Gasteiger partial charge in [-0.15, -0.1) is 0 Å². The van der Waals surface area contributed by atoms with Crippen LogP contribution in [0.1, 0.15) is 6.42 Å². The van der Waals surface area contributed by atoms with Crippen LogP contribution < -0.4 is 5.32 Å². The molecular formula is C10H11Cl2NO4S. The van der Waals surface area contributed by atoms with Gasteiger partial charge < -0.3 is 10.4 Å². The van der Waals surface area contributed by atoms with Gasteiger partial charge in [-0.05, 0) is 12.1 Å². The average Bonchev–Trinajstić information content (AvgIpc) is 2.23. The zero-order valence-electron chi connectivity index (χ0n) is 9.19. The van der Waals surface area contributed by atoms with Crippen LogP contribution in [0.4, 0.5) is 0 Å². The second-order valence-corrected chi connectivity index (χ2v) is 6.19. The molecule has 0 radical (unpaired) electrons. The molecule has 0 amide bonds. The van der Waals surface area contributed by atoms with Crippen LogP contribution in [0.5, 0.6) is 0 Å². The van der Waals surface area contributed by atoms with Crippen molar-refractivity contribution in [3.8, 4) is 0 Å². The van der Waals surface area contributed by atoms with E-state index in [0.717, 1.165) is 0 Å². The summed E-state index contributed by atoms with van der Waals surface area (Å²) in [6.07, 6.45) is -0.161. The van der Waals surface area contributed by atoms with Crippen molar-refractivity contribution in [3.63, 3.8) is 0 Å². The van der Waals surface area contributed by atoms with Crippen LogP contribution in [0.3, 0.4) is 0 Å². The number of nitrogens with one attached hydrogen (secondary N) is 1. The highest BCUT2D eigenvalue weighted by molar-refractivity contribution is 7.91. The number of hydrogen-bond donors (Lipinski definition) is 2. The molecule has 1 aromatic rings. The highest BCUT2D eigenvalue weighted by Gasteiger charge is 2.21. The Hall–Kier alpha value is -0.820. The smallest absolute Gasteiger partial charge is 0.304 e. The Morgan fingerprint density at radius 2 is 1.83 bits per heavy atom.